The molecular weight excluding hydrogens is 236 g/mol. The first-order chi connectivity index (χ1) is 9.03. The molecule has 1 aromatic rings. The number of rotatable bonds is 8. The van der Waals surface area contributed by atoms with Crippen LogP contribution >= 0.6 is 0 Å². The number of phenolic OH excluding ortho intramolecular Hbond substituents is 1. The highest BCUT2D eigenvalue weighted by molar-refractivity contribution is 5.48. The molecule has 1 aromatic carbocycles. The van der Waals surface area contributed by atoms with Crippen LogP contribution in [0.3, 0.4) is 0 Å². The minimum Gasteiger partial charge on any atom is -0.508 e. The molecule has 0 aliphatic carbocycles. The van der Waals surface area contributed by atoms with Crippen molar-refractivity contribution in [2.24, 2.45) is 0 Å². The first kappa shape index (κ1) is 15.9. The summed E-state index contributed by atoms with van der Waals surface area (Å²) < 4.78 is 5.89. The predicted molar refractivity (Wildman–Crippen MR) is 81.1 cm³/mol. The lowest BCUT2D eigenvalue weighted by Crippen LogP contribution is -2.17. The third-order valence-corrected chi connectivity index (χ3v) is 3.82. The lowest BCUT2D eigenvalue weighted by atomic mass is 9.81. The van der Waals surface area contributed by atoms with E-state index < -0.39 is 0 Å². The molecule has 0 spiro atoms. The minimum absolute atomic E-state index is 0.0654. The molecule has 2 heteroatoms. The molecule has 2 nitrogen and oxygen atoms in total. The molecule has 0 saturated heterocycles. The molecule has 19 heavy (non-hydrogen) atoms. The van der Waals surface area contributed by atoms with Crippen molar-refractivity contribution < 1.29 is 9.84 Å². The van der Waals surface area contributed by atoms with Gasteiger partial charge in [-0.05, 0) is 30.4 Å². The van der Waals surface area contributed by atoms with E-state index in [1.54, 1.807) is 6.07 Å². The summed E-state index contributed by atoms with van der Waals surface area (Å²) >= 11 is 0. The van der Waals surface area contributed by atoms with Crippen molar-refractivity contribution in [2.75, 3.05) is 6.61 Å². The molecule has 0 heterocycles. The first-order valence-electron chi connectivity index (χ1n) is 7.48. The van der Waals surface area contributed by atoms with Gasteiger partial charge < -0.3 is 9.84 Å². The summed E-state index contributed by atoms with van der Waals surface area (Å²) in [6, 6.07) is 5.56. The lowest BCUT2D eigenvalue weighted by molar-refractivity contribution is 0.291. The maximum atomic E-state index is 10.1. The molecule has 108 valence electrons. The monoisotopic (exact) mass is 264 g/mol. The number of hydrogen-bond acceptors (Lipinski definition) is 2. The van der Waals surface area contributed by atoms with E-state index in [4.69, 9.17) is 4.74 Å². The maximum Gasteiger partial charge on any atom is 0.126 e. The Morgan fingerprint density at radius 3 is 2.47 bits per heavy atom. The van der Waals surface area contributed by atoms with Gasteiger partial charge in [0.15, 0.2) is 0 Å². The number of ether oxygens (including phenoxy) is 1. The zero-order chi connectivity index (χ0) is 14.3. The largest absolute Gasteiger partial charge is 0.508 e. The Morgan fingerprint density at radius 2 is 1.84 bits per heavy atom. The molecule has 0 atom stereocenters. The van der Waals surface area contributed by atoms with Crippen LogP contribution in [0.4, 0.5) is 0 Å². The molecule has 0 aromatic heterocycles. The summed E-state index contributed by atoms with van der Waals surface area (Å²) in [5, 5.41) is 10.1. The zero-order valence-electron chi connectivity index (χ0n) is 12.8. The second-order valence-corrected chi connectivity index (χ2v) is 5.80. The molecule has 0 fully saturated rings. The van der Waals surface area contributed by atoms with Crippen LogP contribution in [0, 0.1) is 0 Å². The van der Waals surface area contributed by atoms with Gasteiger partial charge in [-0.25, -0.2) is 0 Å². The van der Waals surface area contributed by atoms with E-state index in [0.717, 1.165) is 30.8 Å². The van der Waals surface area contributed by atoms with Gasteiger partial charge in [0.2, 0.25) is 0 Å². The standard InChI is InChI=1S/C17H28O2/c1-5-7-8-9-13-19-15-12-10-11-14(18)16(15)17(3,4)6-2/h10-12,18H,5-9,13H2,1-4H3. The van der Waals surface area contributed by atoms with E-state index in [2.05, 4.69) is 27.7 Å². The molecular formula is C17H28O2. The Bertz CT molecular complexity index is 383. The smallest absolute Gasteiger partial charge is 0.126 e. The van der Waals surface area contributed by atoms with Crippen molar-refractivity contribution in [3.63, 3.8) is 0 Å². The number of phenols is 1. The van der Waals surface area contributed by atoms with Gasteiger partial charge in [0, 0.05) is 5.56 Å². The summed E-state index contributed by atoms with van der Waals surface area (Å²) in [6.07, 6.45) is 5.75. The van der Waals surface area contributed by atoms with E-state index in [1.807, 2.05) is 12.1 Å². The van der Waals surface area contributed by atoms with Crippen molar-refractivity contribution in [1.82, 2.24) is 0 Å². The molecule has 0 amide bonds. The van der Waals surface area contributed by atoms with Crippen LogP contribution in [-0.4, -0.2) is 11.7 Å². The summed E-state index contributed by atoms with van der Waals surface area (Å²) in [6.45, 7) is 9.36. The van der Waals surface area contributed by atoms with Gasteiger partial charge in [-0.1, -0.05) is 53.0 Å². The van der Waals surface area contributed by atoms with Crippen LogP contribution in [-0.2, 0) is 5.41 Å². The molecule has 1 rings (SSSR count). The Morgan fingerprint density at radius 1 is 1.11 bits per heavy atom. The normalized spacial score (nSPS) is 11.6. The Hall–Kier alpha value is -1.18. The van der Waals surface area contributed by atoms with Crippen molar-refractivity contribution in [3.8, 4) is 11.5 Å². The van der Waals surface area contributed by atoms with Crippen LogP contribution in [0.5, 0.6) is 11.5 Å². The lowest BCUT2D eigenvalue weighted by Gasteiger charge is -2.27. The number of hydrogen-bond donors (Lipinski definition) is 1. The topological polar surface area (TPSA) is 29.5 Å². The fourth-order valence-electron chi connectivity index (χ4n) is 2.21. The number of benzene rings is 1. The average Bonchev–Trinajstić information content (AvgIpc) is 2.38. The van der Waals surface area contributed by atoms with Gasteiger partial charge >= 0.3 is 0 Å². The van der Waals surface area contributed by atoms with Gasteiger partial charge in [-0.3, -0.25) is 0 Å². The molecule has 0 aliphatic heterocycles. The quantitative estimate of drug-likeness (QED) is 0.667. The summed E-state index contributed by atoms with van der Waals surface area (Å²) in [5.74, 6) is 1.18. The van der Waals surface area contributed by atoms with Gasteiger partial charge in [-0.15, -0.1) is 0 Å². The highest BCUT2D eigenvalue weighted by Gasteiger charge is 2.25. The van der Waals surface area contributed by atoms with Crippen LogP contribution < -0.4 is 4.74 Å². The van der Waals surface area contributed by atoms with Crippen molar-refractivity contribution in [1.29, 1.82) is 0 Å². The van der Waals surface area contributed by atoms with E-state index in [9.17, 15) is 5.11 Å². The molecule has 0 saturated carbocycles. The van der Waals surface area contributed by atoms with Gasteiger partial charge in [-0.2, -0.15) is 0 Å². The van der Waals surface area contributed by atoms with Crippen molar-refractivity contribution in [3.05, 3.63) is 23.8 Å². The number of unbranched alkanes of at least 4 members (excludes halogenated alkanes) is 3. The Balaban J connectivity index is 2.75. The van der Waals surface area contributed by atoms with Gasteiger partial charge in [0.1, 0.15) is 11.5 Å². The van der Waals surface area contributed by atoms with Crippen LogP contribution in [0.1, 0.15) is 65.4 Å². The predicted octanol–water partition coefficient (Wildman–Crippen LogP) is 5.04. The third kappa shape index (κ3) is 4.45. The molecule has 0 radical (unpaired) electrons. The summed E-state index contributed by atoms with van der Waals surface area (Å²) in [5.41, 5.74) is 0.873. The van der Waals surface area contributed by atoms with Crippen molar-refractivity contribution in [2.45, 2.75) is 65.2 Å². The Labute approximate surface area is 117 Å². The second-order valence-electron chi connectivity index (χ2n) is 5.80. The minimum atomic E-state index is -0.0654. The van der Waals surface area contributed by atoms with E-state index in [-0.39, 0.29) is 5.41 Å². The van der Waals surface area contributed by atoms with Gasteiger partial charge in [0.05, 0.1) is 6.61 Å². The second kappa shape index (κ2) is 7.42. The fourth-order valence-corrected chi connectivity index (χ4v) is 2.21. The maximum absolute atomic E-state index is 10.1. The summed E-state index contributed by atoms with van der Waals surface area (Å²) in [7, 11) is 0. The Kier molecular flexibility index (Phi) is 6.20. The van der Waals surface area contributed by atoms with Crippen LogP contribution in [0.15, 0.2) is 18.2 Å². The van der Waals surface area contributed by atoms with E-state index in [1.165, 1.54) is 19.3 Å². The first-order valence-corrected chi connectivity index (χ1v) is 7.48. The highest BCUT2D eigenvalue weighted by Crippen LogP contribution is 2.40. The number of aromatic hydroxyl groups is 1. The highest BCUT2D eigenvalue weighted by atomic mass is 16.5. The SMILES string of the molecule is CCCCCCOc1cccc(O)c1C(C)(C)CC. The van der Waals surface area contributed by atoms with E-state index >= 15 is 0 Å². The molecule has 0 bridgehead atoms. The van der Waals surface area contributed by atoms with E-state index in [0.29, 0.717) is 5.75 Å². The molecule has 0 unspecified atom stereocenters. The van der Waals surface area contributed by atoms with Crippen LogP contribution in [0.25, 0.3) is 0 Å². The molecule has 0 aliphatic rings. The third-order valence-electron chi connectivity index (χ3n) is 3.82. The molecule has 1 N–H and O–H groups in total. The fraction of sp³-hybridized carbons (Fsp3) is 0.647. The average molecular weight is 264 g/mol. The summed E-state index contributed by atoms with van der Waals surface area (Å²) in [4.78, 5) is 0. The van der Waals surface area contributed by atoms with Crippen molar-refractivity contribution >= 4 is 0 Å². The van der Waals surface area contributed by atoms with Gasteiger partial charge in [0.25, 0.3) is 0 Å². The zero-order valence-corrected chi connectivity index (χ0v) is 12.8. The van der Waals surface area contributed by atoms with Crippen LogP contribution in [0.2, 0.25) is 0 Å².